The molecule has 10 aromatic rings. The normalized spacial score (nSPS) is 11.1. The van der Waals surface area contributed by atoms with Gasteiger partial charge in [-0.2, -0.15) is 0 Å². The Morgan fingerprint density at radius 1 is 0.203 bits per heavy atom. The third-order valence-corrected chi connectivity index (χ3v) is 11.3. The number of rotatable bonds is 9. The highest BCUT2D eigenvalue weighted by atomic mass is 15.1. The fourth-order valence-corrected chi connectivity index (χ4v) is 8.26. The largest absolute Gasteiger partial charge is 0.310 e. The lowest BCUT2D eigenvalue weighted by atomic mass is 9.92. The molecule has 59 heavy (non-hydrogen) atoms. The van der Waals surface area contributed by atoms with Gasteiger partial charge in [0, 0.05) is 17.1 Å². The van der Waals surface area contributed by atoms with E-state index in [9.17, 15) is 0 Å². The standard InChI is InChI=1S/C58H41N/c1-4-13-42(14-5-1)44-23-25-46(26-24-44)47-31-35-52(36-32-47)59(53-37-33-51(34-38-53)56-22-12-20-48-19-10-11-21-55(48)56)54-39-40-57(58(41-54)49-17-8-3-9-18-49)50-29-27-45(28-30-50)43-15-6-2-7-16-43/h1-41H. The van der Waals surface area contributed by atoms with E-state index in [1.807, 2.05) is 0 Å². The van der Waals surface area contributed by atoms with Crippen LogP contribution in [0.1, 0.15) is 0 Å². The van der Waals surface area contributed by atoms with Gasteiger partial charge < -0.3 is 4.90 Å². The van der Waals surface area contributed by atoms with Crippen molar-refractivity contribution >= 4 is 27.8 Å². The summed E-state index contributed by atoms with van der Waals surface area (Å²) in [5.41, 5.74) is 17.7. The minimum Gasteiger partial charge on any atom is -0.310 e. The summed E-state index contributed by atoms with van der Waals surface area (Å²) >= 11 is 0. The third-order valence-electron chi connectivity index (χ3n) is 11.3. The number of benzene rings is 10. The number of fused-ring (bicyclic) bond motifs is 1. The van der Waals surface area contributed by atoms with E-state index in [0.717, 1.165) is 17.1 Å². The lowest BCUT2D eigenvalue weighted by Crippen LogP contribution is -2.10. The van der Waals surface area contributed by atoms with Gasteiger partial charge in [0.05, 0.1) is 0 Å². The predicted molar refractivity (Wildman–Crippen MR) is 251 cm³/mol. The van der Waals surface area contributed by atoms with Gasteiger partial charge in [0.2, 0.25) is 0 Å². The van der Waals surface area contributed by atoms with Crippen molar-refractivity contribution in [1.29, 1.82) is 0 Å². The summed E-state index contributed by atoms with van der Waals surface area (Å²) in [6.07, 6.45) is 0. The van der Waals surface area contributed by atoms with E-state index in [1.54, 1.807) is 0 Å². The van der Waals surface area contributed by atoms with Gasteiger partial charge >= 0.3 is 0 Å². The molecule has 0 saturated heterocycles. The molecular formula is C58H41N. The van der Waals surface area contributed by atoms with Crippen molar-refractivity contribution in [1.82, 2.24) is 0 Å². The van der Waals surface area contributed by atoms with Crippen molar-refractivity contribution in [3.8, 4) is 66.8 Å². The summed E-state index contributed by atoms with van der Waals surface area (Å²) in [5, 5.41) is 2.50. The van der Waals surface area contributed by atoms with E-state index in [1.165, 1.54) is 77.5 Å². The van der Waals surface area contributed by atoms with Crippen LogP contribution in [0.3, 0.4) is 0 Å². The Kier molecular flexibility index (Phi) is 9.68. The molecule has 0 amide bonds. The average Bonchev–Trinajstić information content (AvgIpc) is 3.33. The van der Waals surface area contributed by atoms with Crippen molar-refractivity contribution in [2.75, 3.05) is 4.90 Å². The zero-order valence-corrected chi connectivity index (χ0v) is 32.6. The van der Waals surface area contributed by atoms with Crippen molar-refractivity contribution in [3.05, 3.63) is 249 Å². The number of nitrogens with zero attached hydrogens (tertiary/aromatic N) is 1. The van der Waals surface area contributed by atoms with Crippen LogP contribution >= 0.6 is 0 Å². The van der Waals surface area contributed by atoms with E-state index in [2.05, 4.69) is 254 Å². The maximum atomic E-state index is 2.38. The molecule has 278 valence electrons. The van der Waals surface area contributed by atoms with Crippen LogP contribution in [0.15, 0.2) is 249 Å². The first-order chi connectivity index (χ1) is 29.2. The molecule has 0 aliphatic heterocycles. The van der Waals surface area contributed by atoms with Gasteiger partial charge in [-0.05, 0) is 114 Å². The first-order valence-electron chi connectivity index (χ1n) is 20.2. The minimum atomic E-state index is 1.09. The maximum Gasteiger partial charge on any atom is 0.0468 e. The molecule has 0 bridgehead atoms. The molecule has 0 heterocycles. The fourth-order valence-electron chi connectivity index (χ4n) is 8.26. The van der Waals surface area contributed by atoms with Crippen LogP contribution in [0.2, 0.25) is 0 Å². The summed E-state index contributed by atoms with van der Waals surface area (Å²) in [7, 11) is 0. The molecule has 0 fully saturated rings. The quantitative estimate of drug-likeness (QED) is 0.142. The van der Waals surface area contributed by atoms with Gasteiger partial charge in [-0.25, -0.2) is 0 Å². The van der Waals surface area contributed by atoms with Gasteiger partial charge in [-0.3, -0.25) is 0 Å². The molecule has 0 spiro atoms. The number of hydrogen-bond acceptors (Lipinski definition) is 1. The van der Waals surface area contributed by atoms with Crippen LogP contribution < -0.4 is 4.90 Å². The minimum absolute atomic E-state index is 1.09. The van der Waals surface area contributed by atoms with Crippen LogP contribution in [-0.2, 0) is 0 Å². The maximum absolute atomic E-state index is 2.38. The van der Waals surface area contributed by atoms with Crippen LogP contribution in [0.25, 0.3) is 77.5 Å². The summed E-state index contributed by atoms with van der Waals surface area (Å²) < 4.78 is 0. The van der Waals surface area contributed by atoms with E-state index in [-0.39, 0.29) is 0 Å². The van der Waals surface area contributed by atoms with Gasteiger partial charge in [0.15, 0.2) is 0 Å². The topological polar surface area (TPSA) is 3.24 Å². The summed E-state index contributed by atoms with van der Waals surface area (Å²) in [6.45, 7) is 0. The molecule has 0 radical (unpaired) electrons. The monoisotopic (exact) mass is 751 g/mol. The van der Waals surface area contributed by atoms with Crippen molar-refractivity contribution < 1.29 is 0 Å². The Morgan fingerprint density at radius 2 is 0.559 bits per heavy atom. The first-order valence-corrected chi connectivity index (χ1v) is 20.2. The fraction of sp³-hybridized carbons (Fsp3) is 0. The van der Waals surface area contributed by atoms with Gasteiger partial charge in [0.25, 0.3) is 0 Å². The molecule has 0 atom stereocenters. The second-order valence-corrected chi connectivity index (χ2v) is 14.9. The Labute approximate surface area is 346 Å². The lowest BCUT2D eigenvalue weighted by Gasteiger charge is -2.27. The summed E-state index contributed by atoms with van der Waals surface area (Å²) in [4.78, 5) is 2.38. The Hall–Kier alpha value is -7.74. The molecule has 0 aliphatic rings. The molecule has 0 N–H and O–H groups in total. The van der Waals surface area contributed by atoms with Crippen molar-refractivity contribution in [2.45, 2.75) is 0 Å². The number of hydrogen-bond donors (Lipinski definition) is 0. The second kappa shape index (κ2) is 16.0. The molecular weight excluding hydrogens is 711 g/mol. The predicted octanol–water partition coefficient (Wildman–Crippen LogP) is 16.3. The third kappa shape index (κ3) is 7.34. The second-order valence-electron chi connectivity index (χ2n) is 14.9. The summed E-state index contributed by atoms with van der Waals surface area (Å²) in [5.74, 6) is 0. The average molecular weight is 752 g/mol. The SMILES string of the molecule is c1ccc(-c2ccc(-c3ccc(N(c4ccc(-c5cccc6ccccc56)cc4)c4ccc(-c5ccc(-c6ccccc6)cc5)c(-c5ccccc5)c4)cc3)cc2)cc1. The van der Waals surface area contributed by atoms with Gasteiger partial charge in [-0.1, -0.05) is 212 Å². The summed E-state index contributed by atoms with van der Waals surface area (Å²) in [6, 6.07) is 89.8. The lowest BCUT2D eigenvalue weighted by molar-refractivity contribution is 1.28. The zero-order chi connectivity index (χ0) is 39.4. The zero-order valence-electron chi connectivity index (χ0n) is 32.6. The Morgan fingerprint density at radius 3 is 1.10 bits per heavy atom. The van der Waals surface area contributed by atoms with Gasteiger partial charge in [0.1, 0.15) is 0 Å². The van der Waals surface area contributed by atoms with Crippen LogP contribution in [0.5, 0.6) is 0 Å². The Bertz CT molecular complexity index is 2970. The molecule has 10 rings (SSSR count). The van der Waals surface area contributed by atoms with E-state index < -0.39 is 0 Å². The van der Waals surface area contributed by atoms with Crippen LogP contribution in [0.4, 0.5) is 17.1 Å². The van der Waals surface area contributed by atoms with E-state index in [4.69, 9.17) is 0 Å². The first kappa shape index (κ1) is 35.7. The highest BCUT2D eigenvalue weighted by Gasteiger charge is 2.17. The van der Waals surface area contributed by atoms with Crippen LogP contribution in [0, 0.1) is 0 Å². The molecule has 0 unspecified atom stereocenters. The highest BCUT2D eigenvalue weighted by Crippen LogP contribution is 2.42. The van der Waals surface area contributed by atoms with E-state index in [0.29, 0.717) is 0 Å². The van der Waals surface area contributed by atoms with Crippen molar-refractivity contribution in [2.24, 2.45) is 0 Å². The Balaban J connectivity index is 1.06. The molecule has 0 aliphatic carbocycles. The molecule has 1 heteroatoms. The molecule has 1 nitrogen and oxygen atoms in total. The molecule has 10 aromatic carbocycles. The molecule has 0 saturated carbocycles. The highest BCUT2D eigenvalue weighted by molar-refractivity contribution is 5.97. The molecule has 0 aromatic heterocycles. The van der Waals surface area contributed by atoms with Gasteiger partial charge in [-0.15, -0.1) is 0 Å². The smallest absolute Gasteiger partial charge is 0.0468 e. The van der Waals surface area contributed by atoms with Crippen LogP contribution in [-0.4, -0.2) is 0 Å². The number of anilines is 3. The van der Waals surface area contributed by atoms with Crippen molar-refractivity contribution in [3.63, 3.8) is 0 Å². The van der Waals surface area contributed by atoms with E-state index >= 15 is 0 Å².